The molecule has 3 aromatic rings. The van der Waals surface area contributed by atoms with Gasteiger partial charge in [-0.15, -0.1) is 0 Å². The van der Waals surface area contributed by atoms with Crippen molar-refractivity contribution in [1.82, 2.24) is 9.55 Å². The molecule has 2 aromatic carbocycles. The molecule has 1 atom stereocenters. The fourth-order valence-corrected chi connectivity index (χ4v) is 3.30. The van der Waals surface area contributed by atoms with Gasteiger partial charge in [0, 0.05) is 17.8 Å². The number of guanidine groups is 1. The number of nitrogens with one attached hydrogen (secondary N) is 3. The monoisotopic (exact) mass is 410 g/mol. The molecule has 0 amide bonds. The highest BCUT2D eigenvalue weighted by atomic mass is 19.1. The molecule has 3 N–H and O–H groups in total. The number of hydrogen-bond acceptors (Lipinski definition) is 6. The van der Waals surface area contributed by atoms with E-state index in [4.69, 9.17) is 9.47 Å². The quantitative estimate of drug-likeness (QED) is 0.599. The molecular formula is C21H21FN5O3+. The Morgan fingerprint density at radius 1 is 1.13 bits per heavy atom. The second kappa shape index (κ2) is 7.86. The van der Waals surface area contributed by atoms with E-state index in [1.165, 1.54) is 22.8 Å². The summed E-state index contributed by atoms with van der Waals surface area (Å²) in [5.41, 5.74) is 1.74. The van der Waals surface area contributed by atoms with Crippen molar-refractivity contribution < 1.29 is 18.9 Å². The minimum absolute atomic E-state index is 0.221. The van der Waals surface area contributed by atoms with Crippen molar-refractivity contribution in [2.75, 3.05) is 24.9 Å². The summed E-state index contributed by atoms with van der Waals surface area (Å²) in [4.78, 5) is 20.5. The number of fused-ring (bicyclic) bond motifs is 1. The van der Waals surface area contributed by atoms with Crippen molar-refractivity contribution in [1.29, 1.82) is 0 Å². The lowest BCUT2D eigenvalue weighted by molar-refractivity contribution is -0.520. The Balaban J connectivity index is 1.83. The molecular weight excluding hydrogens is 389 g/mol. The lowest BCUT2D eigenvalue weighted by Gasteiger charge is -2.24. The smallest absolute Gasteiger partial charge is 0.357 e. The van der Waals surface area contributed by atoms with Gasteiger partial charge in [-0.2, -0.15) is 0 Å². The second-order valence-electron chi connectivity index (χ2n) is 6.72. The van der Waals surface area contributed by atoms with Gasteiger partial charge < -0.3 is 9.47 Å². The highest BCUT2D eigenvalue weighted by Gasteiger charge is 2.31. The van der Waals surface area contributed by atoms with Crippen LogP contribution in [0.25, 0.3) is 0 Å². The molecule has 0 bridgehead atoms. The van der Waals surface area contributed by atoms with E-state index in [0.29, 0.717) is 40.4 Å². The van der Waals surface area contributed by atoms with Gasteiger partial charge in [-0.25, -0.2) is 24.6 Å². The van der Waals surface area contributed by atoms with Crippen LogP contribution in [0.15, 0.2) is 53.3 Å². The molecule has 8 nitrogen and oxygen atoms in total. The molecule has 154 valence electrons. The number of rotatable bonds is 4. The van der Waals surface area contributed by atoms with E-state index in [1.54, 1.807) is 45.4 Å². The van der Waals surface area contributed by atoms with E-state index in [2.05, 4.69) is 20.6 Å². The molecule has 1 aromatic heterocycles. The Morgan fingerprint density at radius 3 is 2.60 bits per heavy atom. The highest BCUT2D eigenvalue weighted by molar-refractivity contribution is 5.99. The lowest BCUT2D eigenvalue weighted by Crippen LogP contribution is -2.82. The third-order valence-electron chi connectivity index (χ3n) is 4.71. The fourth-order valence-electron chi connectivity index (χ4n) is 3.30. The summed E-state index contributed by atoms with van der Waals surface area (Å²) in [6.45, 7) is 1.75. The molecule has 0 radical (unpaired) electrons. The fraction of sp³-hybridized carbons (Fsp3) is 0.190. The molecule has 30 heavy (non-hydrogen) atoms. The van der Waals surface area contributed by atoms with Crippen LogP contribution in [-0.4, -0.2) is 29.7 Å². The van der Waals surface area contributed by atoms with Crippen LogP contribution in [0, 0.1) is 12.7 Å². The maximum Gasteiger partial charge on any atom is 0.357 e. The average molecular weight is 410 g/mol. The number of halogens is 1. The number of aromatic nitrogens is 2. The Bertz CT molecular complexity index is 1170. The van der Waals surface area contributed by atoms with Crippen LogP contribution in [0.3, 0.4) is 0 Å². The number of ether oxygens (including phenoxy) is 2. The first-order valence-electron chi connectivity index (χ1n) is 9.23. The molecule has 0 fully saturated rings. The number of methoxy groups -OCH3 is 2. The van der Waals surface area contributed by atoms with Gasteiger partial charge in [0.05, 0.1) is 25.5 Å². The van der Waals surface area contributed by atoms with Crippen molar-refractivity contribution in [3.05, 3.63) is 76.0 Å². The van der Waals surface area contributed by atoms with Crippen LogP contribution in [0.2, 0.25) is 0 Å². The van der Waals surface area contributed by atoms with Gasteiger partial charge in [0.25, 0.3) is 11.5 Å². The van der Waals surface area contributed by atoms with E-state index >= 15 is 0 Å². The highest BCUT2D eigenvalue weighted by Crippen LogP contribution is 2.29. The number of aryl methyl sites for hydroxylation is 1. The van der Waals surface area contributed by atoms with Crippen LogP contribution < -0.4 is 30.7 Å². The molecule has 1 aliphatic heterocycles. The minimum Gasteiger partial charge on any atom is -0.497 e. The summed E-state index contributed by atoms with van der Waals surface area (Å²) in [5, 5.41) is 6.24. The van der Waals surface area contributed by atoms with E-state index in [0.717, 1.165) is 0 Å². The van der Waals surface area contributed by atoms with E-state index in [9.17, 15) is 9.18 Å². The molecule has 4 rings (SSSR count). The zero-order valence-corrected chi connectivity index (χ0v) is 16.7. The van der Waals surface area contributed by atoms with Gasteiger partial charge in [0.1, 0.15) is 17.3 Å². The predicted octanol–water partition coefficient (Wildman–Crippen LogP) is 1.23. The third-order valence-corrected chi connectivity index (χ3v) is 4.71. The third kappa shape index (κ3) is 3.69. The Morgan fingerprint density at radius 2 is 1.90 bits per heavy atom. The SMILES string of the molecule is COc1ccc([C@H]2[NH+]=C(Nc3ccc(F)cc3)Nc3nc(C)cc(=O)n32)c(OC)c1. The summed E-state index contributed by atoms with van der Waals surface area (Å²) in [6, 6.07) is 12.8. The van der Waals surface area contributed by atoms with E-state index in [1.807, 2.05) is 6.07 Å². The van der Waals surface area contributed by atoms with Gasteiger partial charge >= 0.3 is 5.96 Å². The minimum atomic E-state index is -0.606. The average Bonchev–Trinajstić information content (AvgIpc) is 2.74. The van der Waals surface area contributed by atoms with Crippen molar-refractivity contribution in [2.45, 2.75) is 13.1 Å². The predicted molar refractivity (Wildman–Crippen MR) is 111 cm³/mol. The topological polar surface area (TPSA) is 91.4 Å². The standard InChI is InChI=1S/C21H20FN5O3/c1-12-10-18(28)27-19(16-9-8-15(29-2)11-17(16)30-3)25-20(26-21(27)23-12)24-14-6-4-13(22)5-7-14/h4-11,19H,1-3H3,(H2,23,24,25,26)/p+1/t19-/m0/s1. The largest absolute Gasteiger partial charge is 0.497 e. The van der Waals surface area contributed by atoms with E-state index in [-0.39, 0.29) is 11.4 Å². The first kappa shape index (κ1) is 19.4. The number of anilines is 2. The summed E-state index contributed by atoms with van der Waals surface area (Å²) < 4.78 is 25.6. The van der Waals surface area contributed by atoms with Gasteiger partial charge in [0.15, 0.2) is 6.17 Å². The van der Waals surface area contributed by atoms with Gasteiger partial charge in [-0.1, -0.05) is 0 Å². The Kier molecular flexibility index (Phi) is 5.09. The summed E-state index contributed by atoms with van der Waals surface area (Å²) in [7, 11) is 3.13. The van der Waals surface area contributed by atoms with Gasteiger partial charge in [-0.3, -0.25) is 9.79 Å². The van der Waals surface area contributed by atoms with Crippen LogP contribution in [0.1, 0.15) is 17.4 Å². The van der Waals surface area contributed by atoms with Crippen LogP contribution in [-0.2, 0) is 0 Å². The van der Waals surface area contributed by atoms with Gasteiger partial charge in [-0.05, 0) is 43.3 Å². The molecule has 0 aliphatic carbocycles. The van der Waals surface area contributed by atoms with Crippen LogP contribution in [0.4, 0.5) is 16.0 Å². The first-order valence-corrected chi connectivity index (χ1v) is 9.23. The number of nitrogens with zero attached hydrogens (tertiary/aromatic N) is 2. The summed E-state index contributed by atoms with van der Waals surface area (Å²) in [6.07, 6.45) is -0.606. The Labute approximate surface area is 172 Å². The van der Waals surface area contributed by atoms with Crippen molar-refractivity contribution in [3.8, 4) is 11.5 Å². The number of hydrogen-bond donors (Lipinski definition) is 3. The molecule has 9 heteroatoms. The zero-order valence-electron chi connectivity index (χ0n) is 16.7. The second-order valence-corrected chi connectivity index (χ2v) is 6.72. The van der Waals surface area contributed by atoms with Crippen molar-refractivity contribution in [3.63, 3.8) is 0 Å². The molecule has 2 heterocycles. The first-order chi connectivity index (χ1) is 14.5. The number of benzene rings is 2. The molecule has 0 unspecified atom stereocenters. The lowest BCUT2D eigenvalue weighted by atomic mass is 10.1. The molecule has 1 aliphatic rings. The maximum atomic E-state index is 13.2. The maximum absolute atomic E-state index is 13.2. The van der Waals surface area contributed by atoms with Crippen LogP contribution in [0.5, 0.6) is 11.5 Å². The normalized spacial score (nSPS) is 14.9. The van der Waals surface area contributed by atoms with E-state index < -0.39 is 6.17 Å². The Hall–Kier alpha value is -3.88. The summed E-state index contributed by atoms with van der Waals surface area (Å²) >= 11 is 0. The zero-order chi connectivity index (χ0) is 21.3. The van der Waals surface area contributed by atoms with Gasteiger partial charge in [0.2, 0.25) is 0 Å². The summed E-state index contributed by atoms with van der Waals surface area (Å²) in [5.74, 6) is 1.71. The molecule has 0 saturated heterocycles. The molecule has 0 saturated carbocycles. The van der Waals surface area contributed by atoms with Crippen molar-refractivity contribution in [2.24, 2.45) is 0 Å². The van der Waals surface area contributed by atoms with Crippen LogP contribution >= 0.6 is 0 Å². The molecule has 0 spiro atoms. The van der Waals surface area contributed by atoms with Crippen molar-refractivity contribution >= 4 is 17.6 Å².